The summed E-state index contributed by atoms with van der Waals surface area (Å²) in [7, 11) is 0. The first kappa shape index (κ1) is 14.3. The Balaban J connectivity index is 1.70. The first-order chi connectivity index (χ1) is 10.4. The zero-order valence-electron chi connectivity index (χ0n) is 11.8. The Kier molecular flexibility index (Phi) is 4.66. The van der Waals surface area contributed by atoms with E-state index in [0.717, 1.165) is 18.7 Å². The van der Waals surface area contributed by atoms with E-state index < -0.39 is 0 Å². The molecule has 1 aliphatic rings. The molecule has 1 aliphatic heterocycles. The minimum absolute atomic E-state index is 0.0830. The monoisotopic (exact) mass is 298 g/mol. The van der Waals surface area contributed by atoms with Gasteiger partial charge < -0.3 is 5.11 Å². The van der Waals surface area contributed by atoms with Gasteiger partial charge in [-0.1, -0.05) is 17.9 Å². The molecule has 0 aromatic carbocycles. The second kappa shape index (κ2) is 6.86. The van der Waals surface area contributed by atoms with Gasteiger partial charge >= 0.3 is 0 Å². The van der Waals surface area contributed by atoms with E-state index in [4.69, 9.17) is 5.11 Å². The molecule has 3 nitrogen and oxygen atoms in total. The first-order valence-corrected chi connectivity index (χ1v) is 8.06. The lowest BCUT2D eigenvalue weighted by molar-refractivity contribution is 0.250. The summed E-state index contributed by atoms with van der Waals surface area (Å²) in [5.74, 6) is 5.66. The Bertz CT molecular complexity index is 642. The number of nitrogens with zero attached hydrogens (tertiary/aromatic N) is 2. The van der Waals surface area contributed by atoms with Crippen molar-refractivity contribution < 1.29 is 5.11 Å². The minimum Gasteiger partial charge on any atom is -0.384 e. The number of aliphatic hydroxyl groups excluding tert-OH is 1. The lowest BCUT2D eigenvalue weighted by atomic mass is 10.1. The lowest BCUT2D eigenvalue weighted by Gasteiger charge is -2.23. The van der Waals surface area contributed by atoms with Crippen LogP contribution in [0.15, 0.2) is 36.0 Å². The molecule has 21 heavy (non-hydrogen) atoms. The summed E-state index contributed by atoms with van der Waals surface area (Å²) in [4.78, 5) is 8.09. The van der Waals surface area contributed by atoms with Gasteiger partial charge in [0.25, 0.3) is 0 Å². The van der Waals surface area contributed by atoms with Crippen LogP contribution in [0.5, 0.6) is 0 Å². The molecule has 108 valence electrons. The molecule has 0 aliphatic carbocycles. The minimum atomic E-state index is -0.0830. The fourth-order valence-corrected chi connectivity index (χ4v) is 3.68. The molecule has 1 fully saturated rings. The van der Waals surface area contributed by atoms with Crippen molar-refractivity contribution in [2.75, 3.05) is 13.2 Å². The summed E-state index contributed by atoms with van der Waals surface area (Å²) >= 11 is 1.74. The summed E-state index contributed by atoms with van der Waals surface area (Å²) < 4.78 is 0. The largest absolute Gasteiger partial charge is 0.384 e. The van der Waals surface area contributed by atoms with Crippen LogP contribution in [0.1, 0.15) is 34.9 Å². The molecule has 3 heterocycles. The number of hydrogen-bond donors (Lipinski definition) is 1. The third-order valence-corrected chi connectivity index (χ3v) is 4.68. The molecular weight excluding hydrogens is 280 g/mol. The summed E-state index contributed by atoms with van der Waals surface area (Å²) in [6, 6.07) is 6.79. The van der Waals surface area contributed by atoms with E-state index in [1.807, 2.05) is 18.5 Å². The van der Waals surface area contributed by atoms with Crippen molar-refractivity contribution in [3.63, 3.8) is 0 Å². The maximum absolute atomic E-state index is 8.74. The number of rotatable bonds is 3. The Morgan fingerprint density at radius 2 is 2.43 bits per heavy atom. The summed E-state index contributed by atoms with van der Waals surface area (Å²) in [6.45, 7) is 2.01. The molecule has 4 heteroatoms. The average Bonchev–Trinajstić information content (AvgIpc) is 3.16. The van der Waals surface area contributed by atoms with E-state index >= 15 is 0 Å². The van der Waals surface area contributed by atoms with Gasteiger partial charge in [-0.2, -0.15) is 0 Å². The summed E-state index contributed by atoms with van der Waals surface area (Å²) in [5.41, 5.74) is 2.31. The molecule has 1 unspecified atom stereocenters. The van der Waals surface area contributed by atoms with Crippen molar-refractivity contribution in [1.82, 2.24) is 9.88 Å². The molecule has 1 atom stereocenters. The van der Waals surface area contributed by atoms with Crippen LogP contribution in [-0.2, 0) is 6.54 Å². The highest BCUT2D eigenvalue weighted by Gasteiger charge is 2.26. The predicted molar refractivity (Wildman–Crippen MR) is 84.9 cm³/mol. The van der Waals surface area contributed by atoms with Crippen LogP contribution in [0.3, 0.4) is 0 Å². The predicted octanol–water partition coefficient (Wildman–Crippen LogP) is 2.82. The molecule has 3 rings (SSSR count). The maximum atomic E-state index is 8.74. The molecule has 0 spiro atoms. The van der Waals surface area contributed by atoms with Gasteiger partial charge in [0.1, 0.15) is 6.61 Å². The number of likely N-dealkylation sites (tertiary alicyclic amines) is 1. The number of aliphatic hydroxyl groups is 1. The molecule has 2 aromatic heterocycles. The zero-order valence-corrected chi connectivity index (χ0v) is 12.6. The molecule has 1 N–H and O–H groups in total. The third-order valence-electron chi connectivity index (χ3n) is 3.76. The van der Waals surface area contributed by atoms with Gasteiger partial charge in [-0.05, 0) is 37.1 Å². The number of pyridine rings is 1. The van der Waals surface area contributed by atoms with Gasteiger partial charge in [0.15, 0.2) is 0 Å². The molecule has 1 saturated heterocycles. The standard InChI is InChI=1S/C17H18N2OS/c20-9-3-4-14-10-16(21-13-14)12-19-8-2-6-17(19)15-5-1-7-18-11-15/h1,5,7,10-11,13,17,20H,2,6,8-9,12H2. The van der Waals surface area contributed by atoms with Crippen LogP contribution in [0.4, 0.5) is 0 Å². The topological polar surface area (TPSA) is 36.4 Å². The van der Waals surface area contributed by atoms with E-state index in [-0.39, 0.29) is 6.61 Å². The van der Waals surface area contributed by atoms with E-state index in [1.165, 1.54) is 23.3 Å². The SMILES string of the molecule is OCC#Cc1csc(CN2CCCC2c2cccnc2)c1. The third kappa shape index (κ3) is 3.51. The van der Waals surface area contributed by atoms with Crippen molar-refractivity contribution >= 4 is 11.3 Å². The molecule has 2 aromatic rings. The highest BCUT2D eigenvalue weighted by atomic mass is 32.1. The normalized spacial score (nSPS) is 18.4. The number of aromatic nitrogens is 1. The van der Waals surface area contributed by atoms with Gasteiger partial charge in [-0.3, -0.25) is 9.88 Å². The van der Waals surface area contributed by atoms with E-state index in [0.29, 0.717) is 6.04 Å². The first-order valence-electron chi connectivity index (χ1n) is 7.18. The maximum Gasteiger partial charge on any atom is 0.104 e. The molecule has 0 bridgehead atoms. The van der Waals surface area contributed by atoms with Crippen molar-refractivity contribution in [3.05, 3.63) is 52.0 Å². The number of thiophene rings is 1. The summed E-state index contributed by atoms with van der Waals surface area (Å²) in [6.07, 6.45) is 6.25. The van der Waals surface area contributed by atoms with Crippen LogP contribution in [0.2, 0.25) is 0 Å². The van der Waals surface area contributed by atoms with E-state index in [9.17, 15) is 0 Å². The van der Waals surface area contributed by atoms with E-state index in [2.05, 4.69) is 39.2 Å². The lowest BCUT2D eigenvalue weighted by Crippen LogP contribution is -2.22. The van der Waals surface area contributed by atoms with Crippen molar-refractivity contribution in [2.24, 2.45) is 0 Å². The van der Waals surface area contributed by atoms with Crippen LogP contribution in [0.25, 0.3) is 0 Å². The van der Waals surface area contributed by atoms with Crippen molar-refractivity contribution in [1.29, 1.82) is 0 Å². The quantitative estimate of drug-likeness (QED) is 0.885. The second-order valence-corrected chi connectivity index (χ2v) is 6.17. The molecular formula is C17H18N2OS. The fraction of sp³-hybridized carbons (Fsp3) is 0.353. The molecule has 0 radical (unpaired) electrons. The molecule has 0 saturated carbocycles. The van der Waals surface area contributed by atoms with Crippen LogP contribution in [-0.4, -0.2) is 28.1 Å². The Hall–Kier alpha value is -1.67. The highest BCUT2D eigenvalue weighted by Crippen LogP contribution is 2.33. The van der Waals surface area contributed by atoms with Crippen LogP contribution >= 0.6 is 11.3 Å². The van der Waals surface area contributed by atoms with Crippen molar-refractivity contribution in [2.45, 2.75) is 25.4 Å². The van der Waals surface area contributed by atoms with Crippen LogP contribution < -0.4 is 0 Å². The Morgan fingerprint density at radius 1 is 1.48 bits per heavy atom. The fourth-order valence-electron chi connectivity index (χ4n) is 2.84. The second-order valence-electron chi connectivity index (χ2n) is 5.18. The summed E-state index contributed by atoms with van der Waals surface area (Å²) in [5, 5.41) is 10.8. The van der Waals surface area contributed by atoms with Gasteiger partial charge in [0.05, 0.1) is 0 Å². The number of hydrogen-bond acceptors (Lipinski definition) is 4. The van der Waals surface area contributed by atoms with Gasteiger partial charge in [-0.15, -0.1) is 11.3 Å². The highest BCUT2D eigenvalue weighted by molar-refractivity contribution is 7.10. The van der Waals surface area contributed by atoms with Crippen LogP contribution in [0, 0.1) is 11.8 Å². The Labute approximate surface area is 129 Å². The van der Waals surface area contributed by atoms with E-state index in [1.54, 1.807) is 11.3 Å². The molecule has 0 amide bonds. The smallest absolute Gasteiger partial charge is 0.104 e. The van der Waals surface area contributed by atoms with Gasteiger partial charge in [-0.25, -0.2) is 0 Å². The zero-order chi connectivity index (χ0) is 14.5. The average molecular weight is 298 g/mol. The Morgan fingerprint density at radius 3 is 3.24 bits per heavy atom. The van der Waals surface area contributed by atoms with Crippen molar-refractivity contribution in [3.8, 4) is 11.8 Å². The van der Waals surface area contributed by atoms with Gasteiger partial charge in [0, 0.05) is 40.8 Å². The van der Waals surface area contributed by atoms with Gasteiger partial charge in [0.2, 0.25) is 0 Å².